The molecule has 0 nitrogen and oxygen atoms in total. The summed E-state index contributed by atoms with van der Waals surface area (Å²) in [7, 11) is 1.15. The summed E-state index contributed by atoms with van der Waals surface area (Å²) >= 11 is 0. The fraction of sp³-hybridized carbons (Fsp3) is 0.905. The topological polar surface area (TPSA) is 0 Å². The molecule has 1 saturated heterocycles. The molecule has 0 amide bonds. The Morgan fingerprint density at radius 3 is 2.27 bits per heavy atom. The van der Waals surface area contributed by atoms with Crippen LogP contribution < -0.4 is 0 Å². The lowest BCUT2D eigenvalue weighted by molar-refractivity contribution is 0.138. The first-order valence-electron chi connectivity index (χ1n) is 9.26. The summed E-state index contributed by atoms with van der Waals surface area (Å²) in [6, 6.07) is 0. The smallest absolute Gasteiger partial charge is 0.0254 e. The number of hydrogen-bond donors (Lipinski definition) is 0. The van der Waals surface area contributed by atoms with E-state index in [1.165, 1.54) is 25.7 Å². The molecule has 22 heavy (non-hydrogen) atoms. The molecule has 1 heterocycles. The van der Waals surface area contributed by atoms with Gasteiger partial charge in [-0.2, -0.15) is 0 Å². The van der Waals surface area contributed by atoms with Gasteiger partial charge in [-0.1, -0.05) is 48.5 Å². The van der Waals surface area contributed by atoms with Gasteiger partial charge in [0.25, 0.3) is 0 Å². The zero-order valence-electron chi connectivity index (χ0n) is 15.9. The quantitative estimate of drug-likeness (QED) is 0.420. The largest absolute Gasteiger partial charge is 0.120 e. The third kappa shape index (κ3) is 3.90. The lowest BCUT2D eigenvalue weighted by Gasteiger charge is -2.40. The van der Waals surface area contributed by atoms with E-state index in [4.69, 9.17) is 6.42 Å². The second-order valence-electron chi connectivity index (χ2n) is 10.1. The second kappa shape index (κ2) is 6.48. The molecule has 0 radical (unpaired) electrons. The summed E-state index contributed by atoms with van der Waals surface area (Å²) in [4.78, 5) is 0. The summed E-state index contributed by atoms with van der Waals surface area (Å²) in [6.07, 6.45) is 11.5. The van der Waals surface area contributed by atoms with Crippen LogP contribution >= 0.6 is 8.58 Å². The van der Waals surface area contributed by atoms with Crippen LogP contribution in [0.25, 0.3) is 0 Å². The number of hydrogen-bond acceptors (Lipinski definition) is 0. The van der Waals surface area contributed by atoms with Crippen LogP contribution in [0.3, 0.4) is 0 Å². The van der Waals surface area contributed by atoms with E-state index in [-0.39, 0.29) is 5.41 Å². The summed E-state index contributed by atoms with van der Waals surface area (Å²) in [6.45, 7) is 16.8. The Bertz CT molecular complexity index is 417. The van der Waals surface area contributed by atoms with Gasteiger partial charge >= 0.3 is 0 Å². The van der Waals surface area contributed by atoms with Crippen molar-refractivity contribution in [3.05, 3.63) is 0 Å². The van der Waals surface area contributed by atoms with E-state index in [9.17, 15) is 0 Å². The highest BCUT2D eigenvalue weighted by Gasteiger charge is 2.46. The van der Waals surface area contributed by atoms with Gasteiger partial charge < -0.3 is 0 Å². The zero-order chi connectivity index (χ0) is 16.7. The van der Waals surface area contributed by atoms with Crippen molar-refractivity contribution in [2.75, 3.05) is 0 Å². The molecule has 1 aliphatic carbocycles. The van der Waals surface area contributed by atoms with Gasteiger partial charge in [0.15, 0.2) is 0 Å². The monoisotopic (exact) mass is 320 g/mol. The molecule has 2 aliphatic rings. The molecule has 2 rings (SSSR count). The molecule has 0 aromatic heterocycles. The van der Waals surface area contributed by atoms with Crippen LogP contribution in [-0.4, -0.2) is 11.3 Å². The Kier molecular flexibility index (Phi) is 5.40. The predicted molar refractivity (Wildman–Crippen MR) is 102 cm³/mol. The van der Waals surface area contributed by atoms with Crippen LogP contribution in [0, 0.1) is 46.8 Å². The molecule has 0 aromatic rings. The van der Waals surface area contributed by atoms with Crippen molar-refractivity contribution < 1.29 is 0 Å². The standard InChI is InChI=1S/C21H37P/c1-9-15(20(3,4)5)12-18-14(2)17-11-10-16(21(6,7)8)13-19(17)22-18/h1,14-19,22H,10-13H2,2-8H3. The Morgan fingerprint density at radius 1 is 1.14 bits per heavy atom. The fourth-order valence-corrected chi connectivity index (χ4v) is 7.35. The van der Waals surface area contributed by atoms with Crippen LogP contribution in [0.15, 0.2) is 0 Å². The van der Waals surface area contributed by atoms with Gasteiger partial charge in [-0.15, -0.1) is 20.9 Å². The van der Waals surface area contributed by atoms with Crippen molar-refractivity contribution in [2.24, 2.45) is 34.5 Å². The van der Waals surface area contributed by atoms with Crippen molar-refractivity contribution in [1.29, 1.82) is 0 Å². The first-order valence-corrected chi connectivity index (χ1v) is 10.4. The Labute approximate surface area is 141 Å². The molecule has 7 atom stereocenters. The van der Waals surface area contributed by atoms with Gasteiger partial charge in [0.2, 0.25) is 0 Å². The lowest BCUT2D eigenvalue weighted by atomic mass is 9.66. The van der Waals surface area contributed by atoms with Gasteiger partial charge in [0.1, 0.15) is 0 Å². The Balaban J connectivity index is 2.03. The minimum absolute atomic E-state index is 0.251. The minimum atomic E-state index is 0.251. The van der Waals surface area contributed by atoms with E-state index in [0.717, 1.165) is 37.7 Å². The molecular weight excluding hydrogens is 283 g/mol. The highest BCUT2D eigenvalue weighted by atomic mass is 31.1. The third-order valence-electron chi connectivity index (χ3n) is 6.60. The summed E-state index contributed by atoms with van der Waals surface area (Å²) in [5.74, 6) is 6.35. The minimum Gasteiger partial charge on any atom is -0.120 e. The van der Waals surface area contributed by atoms with Crippen molar-refractivity contribution in [2.45, 2.75) is 85.5 Å². The van der Waals surface area contributed by atoms with Gasteiger partial charge in [0.05, 0.1) is 0 Å². The van der Waals surface area contributed by atoms with Gasteiger partial charge in [-0.3, -0.25) is 0 Å². The molecular formula is C21H37P. The van der Waals surface area contributed by atoms with Gasteiger partial charge in [-0.05, 0) is 65.6 Å². The third-order valence-corrected chi connectivity index (χ3v) is 8.88. The van der Waals surface area contributed by atoms with Crippen LogP contribution in [0.4, 0.5) is 0 Å². The number of terminal acetylenes is 1. The molecule has 1 aliphatic heterocycles. The number of rotatable bonds is 2. The van der Waals surface area contributed by atoms with Crippen molar-refractivity contribution in [1.82, 2.24) is 0 Å². The second-order valence-corrected chi connectivity index (χ2v) is 11.9. The molecule has 7 unspecified atom stereocenters. The first-order chi connectivity index (χ1) is 10.0. The average molecular weight is 321 g/mol. The van der Waals surface area contributed by atoms with E-state index in [1.807, 2.05) is 0 Å². The van der Waals surface area contributed by atoms with Crippen molar-refractivity contribution in [3.63, 3.8) is 0 Å². The highest BCUT2D eigenvalue weighted by Crippen LogP contribution is 2.58. The summed E-state index contributed by atoms with van der Waals surface area (Å²) < 4.78 is 0. The Hall–Kier alpha value is -0.0100. The summed E-state index contributed by atoms with van der Waals surface area (Å²) in [5, 5.41) is 0. The predicted octanol–water partition coefficient (Wildman–Crippen LogP) is 6.20. The molecule has 0 aromatic carbocycles. The maximum Gasteiger partial charge on any atom is 0.0254 e. The Morgan fingerprint density at radius 2 is 1.77 bits per heavy atom. The lowest BCUT2D eigenvalue weighted by Crippen LogP contribution is -2.33. The van der Waals surface area contributed by atoms with E-state index in [0.29, 0.717) is 11.3 Å². The fourth-order valence-electron chi connectivity index (χ4n) is 4.73. The molecule has 0 spiro atoms. The molecule has 126 valence electrons. The average Bonchev–Trinajstić information content (AvgIpc) is 2.70. The highest BCUT2D eigenvalue weighted by molar-refractivity contribution is 7.40. The molecule has 0 N–H and O–H groups in total. The first kappa shape index (κ1) is 18.3. The van der Waals surface area contributed by atoms with E-state index >= 15 is 0 Å². The van der Waals surface area contributed by atoms with Crippen LogP contribution in [-0.2, 0) is 0 Å². The van der Waals surface area contributed by atoms with E-state index < -0.39 is 0 Å². The van der Waals surface area contributed by atoms with E-state index in [1.54, 1.807) is 0 Å². The van der Waals surface area contributed by atoms with E-state index in [2.05, 4.69) is 54.4 Å². The number of fused-ring (bicyclic) bond motifs is 1. The van der Waals surface area contributed by atoms with Crippen molar-refractivity contribution in [3.8, 4) is 12.3 Å². The van der Waals surface area contributed by atoms with Crippen LogP contribution in [0.2, 0.25) is 0 Å². The molecule has 1 heteroatoms. The summed E-state index contributed by atoms with van der Waals surface area (Å²) in [5.41, 5.74) is 2.62. The normalized spacial score (nSPS) is 38.5. The molecule has 0 bridgehead atoms. The van der Waals surface area contributed by atoms with Gasteiger partial charge in [0, 0.05) is 5.92 Å². The zero-order valence-corrected chi connectivity index (χ0v) is 16.9. The van der Waals surface area contributed by atoms with Gasteiger partial charge in [-0.25, -0.2) is 0 Å². The van der Waals surface area contributed by atoms with Crippen LogP contribution in [0.1, 0.15) is 74.1 Å². The van der Waals surface area contributed by atoms with Crippen LogP contribution in [0.5, 0.6) is 0 Å². The molecule has 1 saturated carbocycles. The molecule has 2 fully saturated rings. The SMILES string of the molecule is C#CC(CC1PC2CC(C(C)(C)C)CCC2C1C)C(C)(C)C. The maximum absolute atomic E-state index is 5.86. The maximum atomic E-state index is 5.86. The van der Waals surface area contributed by atoms with Crippen molar-refractivity contribution >= 4 is 8.58 Å².